The van der Waals surface area contributed by atoms with Crippen molar-refractivity contribution in [2.24, 2.45) is 0 Å². The molecule has 12 heteroatoms. The first-order valence-corrected chi connectivity index (χ1v) is 12.0. The average Bonchev–Trinajstić information content (AvgIpc) is 2.85. The van der Waals surface area contributed by atoms with Crippen LogP contribution in [0.3, 0.4) is 0 Å². The van der Waals surface area contributed by atoms with Crippen molar-refractivity contribution in [1.82, 2.24) is 14.9 Å². The summed E-state index contributed by atoms with van der Waals surface area (Å²) in [7, 11) is 0. The van der Waals surface area contributed by atoms with Crippen molar-refractivity contribution >= 4 is 45.6 Å². The molecular weight excluding hydrogens is 514 g/mol. The number of aromatic nitrogens is 2. The van der Waals surface area contributed by atoms with Crippen LogP contribution >= 0.6 is 11.6 Å². The Morgan fingerprint density at radius 3 is 2.65 bits per heavy atom. The second kappa shape index (κ2) is 11.7. The minimum atomic E-state index is -4.99. The summed E-state index contributed by atoms with van der Waals surface area (Å²) in [5.74, 6) is -1.63. The van der Waals surface area contributed by atoms with Gasteiger partial charge in [-0.1, -0.05) is 24.1 Å². The van der Waals surface area contributed by atoms with Crippen molar-refractivity contribution in [2.45, 2.75) is 32.0 Å². The van der Waals surface area contributed by atoms with Gasteiger partial charge < -0.3 is 20.3 Å². The number of carbonyl (C=O) groups is 1. The maximum Gasteiger partial charge on any atom is 0.573 e. The Morgan fingerprint density at radius 2 is 1.92 bits per heavy atom. The van der Waals surface area contributed by atoms with E-state index in [-0.39, 0.29) is 22.0 Å². The van der Waals surface area contributed by atoms with Gasteiger partial charge in [0.05, 0.1) is 16.2 Å². The second-order valence-corrected chi connectivity index (χ2v) is 8.88. The van der Waals surface area contributed by atoms with Crippen LogP contribution in [0, 0.1) is 5.82 Å². The fourth-order valence-electron chi connectivity index (χ4n) is 4.01. The summed E-state index contributed by atoms with van der Waals surface area (Å²) in [5, 5.41) is 5.56. The molecule has 4 rings (SSSR count). The number of anilines is 3. The van der Waals surface area contributed by atoms with Crippen molar-refractivity contribution in [3.8, 4) is 5.75 Å². The number of likely N-dealkylation sites (tertiary alicyclic amines) is 1. The zero-order valence-corrected chi connectivity index (χ0v) is 20.4. The number of nitrogens with one attached hydrogen (secondary N) is 2. The van der Waals surface area contributed by atoms with Gasteiger partial charge in [0.2, 0.25) is 5.91 Å². The van der Waals surface area contributed by atoms with Crippen LogP contribution in [0.5, 0.6) is 5.75 Å². The highest BCUT2D eigenvalue weighted by Gasteiger charge is 2.32. The largest absolute Gasteiger partial charge is 0.573 e. The minimum Gasteiger partial charge on any atom is -0.403 e. The summed E-state index contributed by atoms with van der Waals surface area (Å²) >= 11 is 5.83. The number of ether oxygens (including phenoxy) is 1. The molecule has 7 nitrogen and oxygen atoms in total. The van der Waals surface area contributed by atoms with Crippen LogP contribution < -0.4 is 15.4 Å². The number of hydrogen-bond acceptors (Lipinski definition) is 6. The lowest BCUT2D eigenvalue weighted by Crippen LogP contribution is -2.30. The third-order valence-electron chi connectivity index (χ3n) is 5.73. The molecule has 0 unspecified atom stereocenters. The Hall–Kier alpha value is -3.44. The number of rotatable bonds is 8. The lowest BCUT2D eigenvalue weighted by molar-refractivity contribution is -0.274. The summed E-state index contributed by atoms with van der Waals surface area (Å²) in [6.07, 6.45) is 3.30. The first-order chi connectivity index (χ1) is 17.7. The number of fused-ring (bicyclic) bond motifs is 1. The van der Waals surface area contributed by atoms with Crippen molar-refractivity contribution in [3.63, 3.8) is 0 Å². The molecule has 196 valence electrons. The van der Waals surface area contributed by atoms with Gasteiger partial charge in [0.15, 0.2) is 5.75 Å². The highest BCUT2D eigenvalue weighted by molar-refractivity contribution is 6.31. The maximum absolute atomic E-state index is 13.5. The third kappa shape index (κ3) is 7.53. The van der Waals surface area contributed by atoms with E-state index in [4.69, 9.17) is 11.6 Å². The Labute approximate surface area is 215 Å². The molecule has 1 aromatic heterocycles. The molecule has 2 N–H and O–H groups in total. The summed E-state index contributed by atoms with van der Waals surface area (Å²) < 4.78 is 56.9. The Kier molecular flexibility index (Phi) is 8.45. The van der Waals surface area contributed by atoms with E-state index in [0.29, 0.717) is 17.5 Å². The lowest BCUT2D eigenvalue weighted by atomic mass is 10.1. The summed E-state index contributed by atoms with van der Waals surface area (Å²) in [4.78, 5) is 23.0. The maximum atomic E-state index is 13.5. The normalized spacial score (nSPS) is 14.7. The quantitative estimate of drug-likeness (QED) is 0.254. The number of amides is 1. The molecule has 1 aliphatic heterocycles. The van der Waals surface area contributed by atoms with Gasteiger partial charge in [-0.05, 0) is 62.7 Å². The summed E-state index contributed by atoms with van der Waals surface area (Å²) in [5.41, 5.74) is 0.301. The lowest BCUT2D eigenvalue weighted by Gasteiger charge is -2.25. The second-order valence-electron chi connectivity index (χ2n) is 8.47. The van der Waals surface area contributed by atoms with Gasteiger partial charge in [-0.3, -0.25) is 4.79 Å². The van der Waals surface area contributed by atoms with Crippen LogP contribution in [-0.4, -0.2) is 46.8 Å². The monoisotopic (exact) mass is 537 g/mol. The average molecular weight is 538 g/mol. The Balaban J connectivity index is 1.57. The molecule has 3 aromatic rings. The SMILES string of the molecule is O=C(C=CCCN1CCCCC1)Nc1cc2c(Nc3ccc(F)c(Cl)c3)ncnc2cc1OC(F)(F)F. The van der Waals surface area contributed by atoms with Gasteiger partial charge in [-0.15, -0.1) is 13.2 Å². The van der Waals surface area contributed by atoms with Gasteiger partial charge >= 0.3 is 6.36 Å². The van der Waals surface area contributed by atoms with Crippen LogP contribution in [0.1, 0.15) is 25.7 Å². The predicted molar refractivity (Wildman–Crippen MR) is 134 cm³/mol. The van der Waals surface area contributed by atoms with Gasteiger partial charge in [0, 0.05) is 23.7 Å². The molecule has 0 atom stereocenters. The number of nitrogens with zero attached hydrogens (tertiary/aromatic N) is 3. The number of benzene rings is 2. The zero-order valence-electron chi connectivity index (χ0n) is 19.6. The van der Waals surface area contributed by atoms with E-state index in [1.54, 1.807) is 6.08 Å². The van der Waals surface area contributed by atoms with Gasteiger partial charge in [0.1, 0.15) is 18.0 Å². The molecule has 37 heavy (non-hydrogen) atoms. The Bertz CT molecular complexity index is 1300. The van der Waals surface area contributed by atoms with E-state index in [9.17, 15) is 22.4 Å². The van der Waals surface area contributed by atoms with Crippen LogP contribution in [0.25, 0.3) is 10.9 Å². The fraction of sp³-hybridized carbons (Fsp3) is 0.320. The number of alkyl halides is 3. The van der Waals surface area contributed by atoms with Crippen molar-refractivity contribution < 1.29 is 27.1 Å². The zero-order chi connectivity index (χ0) is 26.4. The first kappa shape index (κ1) is 26.6. The predicted octanol–water partition coefficient (Wildman–Crippen LogP) is 6.44. The summed E-state index contributed by atoms with van der Waals surface area (Å²) in [6, 6.07) is 6.26. The van der Waals surface area contributed by atoms with Gasteiger partial charge in [-0.25, -0.2) is 14.4 Å². The first-order valence-electron chi connectivity index (χ1n) is 11.6. The van der Waals surface area contributed by atoms with E-state index in [0.717, 1.165) is 50.9 Å². The minimum absolute atomic E-state index is 0.121. The molecule has 2 aromatic carbocycles. The Morgan fingerprint density at radius 1 is 1.14 bits per heavy atom. The standard InChI is InChI=1S/C25H24ClF4N5O2/c26-18-12-16(7-8-19(18)27)33-24-17-13-21(22(37-25(28,29)30)14-20(17)31-15-32-24)34-23(36)6-2-5-11-35-9-3-1-4-10-35/h2,6-8,12-15H,1,3-5,9-11H2,(H,34,36)(H,31,32,33). The summed E-state index contributed by atoms with van der Waals surface area (Å²) in [6.45, 7) is 2.86. The van der Waals surface area contributed by atoms with Crippen LogP contribution in [0.4, 0.5) is 34.8 Å². The molecule has 0 saturated carbocycles. The molecular formula is C25H24ClF4N5O2. The molecule has 0 aliphatic carbocycles. The van der Waals surface area contributed by atoms with E-state index < -0.39 is 23.8 Å². The molecule has 1 fully saturated rings. The van der Waals surface area contributed by atoms with E-state index in [2.05, 4.69) is 30.2 Å². The molecule has 1 amide bonds. The fourth-order valence-corrected chi connectivity index (χ4v) is 4.19. The number of piperidine rings is 1. The number of halogens is 5. The molecule has 0 spiro atoms. The van der Waals surface area contributed by atoms with Crippen molar-refractivity contribution in [1.29, 1.82) is 0 Å². The molecule has 1 aliphatic rings. The number of hydrogen-bond donors (Lipinski definition) is 2. The van der Waals surface area contributed by atoms with E-state index in [1.165, 1.54) is 30.7 Å². The molecule has 0 radical (unpaired) electrons. The highest BCUT2D eigenvalue weighted by atomic mass is 35.5. The third-order valence-corrected chi connectivity index (χ3v) is 6.02. The van der Waals surface area contributed by atoms with Crippen molar-refractivity contribution in [2.75, 3.05) is 30.3 Å². The van der Waals surface area contributed by atoms with Gasteiger partial charge in [0.25, 0.3) is 0 Å². The van der Waals surface area contributed by atoms with Crippen LogP contribution in [0.2, 0.25) is 5.02 Å². The van der Waals surface area contributed by atoms with Crippen LogP contribution in [0.15, 0.2) is 48.8 Å². The van der Waals surface area contributed by atoms with Crippen molar-refractivity contribution in [3.05, 3.63) is 59.7 Å². The van der Waals surface area contributed by atoms with E-state index >= 15 is 0 Å². The molecule has 1 saturated heterocycles. The topological polar surface area (TPSA) is 79.4 Å². The smallest absolute Gasteiger partial charge is 0.403 e. The van der Waals surface area contributed by atoms with Crippen LogP contribution in [-0.2, 0) is 4.79 Å². The van der Waals surface area contributed by atoms with E-state index in [1.807, 2.05) is 0 Å². The number of carbonyl (C=O) groups excluding carboxylic acids is 1. The molecule has 0 bridgehead atoms. The highest BCUT2D eigenvalue weighted by Crippen LogP contribution is 2.36. The van der Waals surface area contributed by atoms with Gasteiger partial charge in [-0.2, -0.15) is 0 Å². The molecule has 2 heterocycles.